The monoisotopic (exact) mass is 468 g/mol. The number of hydrogen-bond donors (Lipinski definition) is 2. The number of ether oxygens (including phenoxy) is 1. The maximum atomic E-state index is 12.6. The summed E-state index contributed by atoms with van der Waals surface area (Å²) in [4.78, 5) is 24.9. The molecule has 9 atom stereocenters. The highest BCUT2D eigenvalue weighted by atomic mass is 16.6. The zero-order valence-electron chi connectivity index (χ0n) is 20.7. The molecule has 0 radical (unpaired) electrons. The predicted octanol–water partition coefficient (Wildman–Crippen LogP) is 4.32. The van der Waals surface area contributed by atoms with Crippen LogP contribution in [0.25, 0.3) is 0 Å². The lowest BCUT2D eigenvalue weighted by Gasteiger charge is -2.66. The number of furan rings is 1. The number of rotatable bonds is 2. The van der Waals surface area contributed by atoms with E-state index in [-0.39, 0.29) is 29.5 Å². The lowest BCUT2D eigenvalue weighted by atomic mass is 9.40. The second-order valence-electron chi connectivity index (χ2n) is 12.0. The van der Waals surface area contributed by atoms with Crippen LogP contribution in [0.15, 0.2) is 46.8 Å². The summed E-state index contributed by atoms with van der Waals surface area (Å²) in [5.74, 6) is -1.05. The van der Waals surface area contributed by atoms with Crippen LogP contribution >= 0.6 is 0 Å². The molecule has 0 amide bonds. The predicted molar refractivity (Wildman–Crippen MR) is 126 cm³/mol. The van der Waals surface area contributed by atoms with Crippen molar-refractivity contribution in [1.82, 2.24) is 0 Å². The Labute approximate surface area is 201 Å². The van der Waals surface area contributed by atoms with Crippen molar-refractivity contribution in [2.45, 2.75) is 84.0 Å². The number of aliphatic hydroxyl groups is 2. The molecule has 0 spiro atoms. The van der Waals surface area contributed by atoms with Crippen LogP contribution in [0, 0.1) is 28.1 Å². The normalized spacial score (nSPS) is 47.8. The van der Waals surface area contributed by atoms with Gasteiger partial charge in [-0.25, -0.2) is 0 Å². The van der Waals surface area contributed by atoms with Gasteiger partial charge in [0.1, 0.15) is 6.10 Å². The number of aliphatic hydroxyl groups excluding tert-OH is 1. The fourth-order valence-electron chi connectivity index (χ4n) is 8.82. The summed E-state index contributed by atoms with van der Waals surface area (Å²) in [6.07, 6.45) is 9.87. The van der Waals surface area contributed by atoms with Crippen molar-refractivity contribution in [3.8, 4) is 0 Å². The Morgan fingerprint density at radius 2 is 1.97 bits per heavy atom. The number of allylic oxidation sites excluding steroid dienone is 3. The van der Waals surface area contributed by atoms with E-state index in [2.05, 4.69) is 26.8 Å². The van der Waals surface area contributed by atoms with Crippen LogP contribution in [0.3, 0.4) is 0 Å². The standard InChI is InChI=1S/C28H36O6/c1-16(29)34-24-22(31)23-26(3,11-8-18(30)14-27(23,4)32)21-9-12-25(2)19(17-10-13-33-15-17)6-7-20(25)28(21,24)5/h7-8,10-11,13,15,19,21-24,31-32H,6,9,12,14H2,1-5H3. The molecular weight excluding hydrogens is 432 g/mol. The van der Waals surface area contributed by atoms with Gasteiger partial charge in [-0.3, -0.25) is 9.59 Å². The van der Waals surface area contributed by atoms with Crippen molar-refractivity contribution < 1.29 is 29.0 Å². The summed E-state index contributed by atoms with van der Waals surface area (Å²) in [6.45, 7) is 9.45. The molecule has 1 aromatic rings. The fourth-order valence-corrected chi connectivity index (χ4v) is 8.82. The smallest absolute Gasteiger partial charge is 0.303 e. The van der Waals surface area contributed by atoms with E-state index in [0.29, 0.717) is 0 Å². The minimum Gasteiger partial charge on any atom is -0.472 e. The third-order valence-corrected chi connectivity index (χ3v) is 9.93. The molecule has 1 aromatic heterocycles. The maximum Gasteiger partial charge on any atom is 0.303 e. The first kappa shape index (κ1) is 23.6. The Bertz CT molecular complexity index is 1070. The topological polar surface area (TPSA) is 97.0 Å². The lowest BCUT2D eigenvalue weighted by molar-refractivity contribution is -0.240. The maximum absolute atomic E-state index is 12.6. The molecule has 0 aliphatic heterocycles. The van der Waals surface area contributed by atoms with E-state index in [0.717, 1.165) is 24.8 Å². The first-order valence-electron chi connectivity index (χ1n) is 12.4. The van der Waals surface area contributed by atoms with Crippen molar-refractivity contribution >= 4 is 11.8 Å². The molecule has 9 unspecified atom stereocenters. The van der Waals surface area contributed by atoms with Gasteiger partial charge >= 0.3 is 5.97 Å². The summed E-state index contributed by atoms with van der Waals surface area (Å²) >= 11 is 0. The van der Waals surface area contributed by atoms with Crippen molar-refractivity contribution in [1.29, 1.82) is 0 Å². The average Bonchev–Trinajstić information content (AvgIpc) is 3.34. The minimum absolute atomic E-state index is 0.0335. The van der Waals surface area contributed by atoms with Gasteiger partial charge in [0.15, 0.2) is 5.78 Å². The van der Waals surface area contributed by atoms with Gasteiger partial charge in [0.25, 0.3) is 0 Å². The highest BCUT2D eigenvalue weighted by Gasteiger charge is 2.71. The summed E-state index contributed by atoms with van der Waals surface area (Å²) in [7, 11) is 0. The lowest BCUT2D eigenvalue weighted by Crippen LogP contribution is -2.69. The molecule has 4 aliphatic rings. The third-order valence-electron chi connectivity index (χ3n) is 9.93. The number of esters is 1. The zero-order chi connectivity index (χ0) is 24.7. The quantitative estimate of drug-likeness (QED) is 0.496. The van der Waals surface area contributed by atoms with Gasteiger partial charge in [-0.15, -0.1) is 0 Å². The molecule has 2 N–H and O–H groups in total. The molecule has 2 saturated carbocycles. The highest BCUT2D eigenvalue weighted by molar-refractivity contribution is 5.91. The second kappa shape index (κ2) is 7.41. The number of ketones is 1. The molecular formula is C28H36O6. The first-order valence-corrected chi connectivity index (χ1v) is 12.4. The second-order valence-corrected chi connectivity index (χ2v) is 12.0. The van der Waals surface area contributed by atoms with Crippen molar-refractivity contribution in [3.05, 3.63) is 48.0 Å². The van der Waals surface area contributed by atoms with Crippen LogP contribution in [0.4, 0.5) is 0 Å². The van der Waals surface area contributed by atoms with Gasteiger partial charge in [0.05, 0.1) is 24.2 Å². The average molecular weight is 469 g/mol. The molecule has 1 heterocycles. The van der Waals surface area contributed by atoms with E-state index >= 15 is 0 Å². The van der Waals surface area contributed by atoms with Crippen LogP contribution in [0.2, 0.25) is 0 Å². The molecule has 4 aliphatic carbocycles. The summed E-state index contributed by atoms with van der Waals surface area (Å²) in [5, 5.41) is 23.4. The molecule has 2 fully saturated rings. The summed E-state index contributed by atoms with van der Waals surface area (Å²) in [6, 6.07) is 2.02. The van der Waals surface area contributed by atoms with E-state index in [1.165, 1.54) is 12.5 Å². The largest absolute Gasteiger partial charge is 0.472 e. The highest BCUT2D eigenvalue weighted by Crippen LogP contribution is 2.72. The molecule has 6 nitrogen and oxygen atoms in total. The summed E-state index contributed by atoms with van der Waals surface area (Å²) in [5.41, 5.74) is -0.562. The van der Waals surface area contributed by atoms with Crippen LogP contribution in [-0.2, 0) is 14.3 Å². The van der Waals surface area contributed by atoms with Gasteiger partial charge in [-0.05, 0) is 66.6 Å². The summed E-state index contributed by atoms with van der Waals surface area (Å²) < 4.78 is 11.3. The van der Waals surface area contributed by atoms with E-state index in [1.54, 1.807) is 19.3 Å². The van der Waals surface area contributed by atoms with Crippen LogP contribution in [0.1, 0.15) is 71.8 Å². The van der Waals surface area contributed by atoms with Gasteiger partial charge in [-0.1, -0.05) is 38.5 Å². The Morgan fingerprint density at radius 1 is 1.24 bits per heavy atom. The Balaban J connectivity index is 1.69. The van der Waals surface area contributed by atoms with E-state index in [1.807, 2.05) is 18.4 Å². The molecule has 5 rings (SSSR count). The first-order chi connectivity index (χ1) is 15.9. The van der Waals surface area contributed by atoms with Crippen molar-refractivity contribution in [2.75, 3.05) is 0 Å². The Kier molecular flexibility index (Phi) is 5.13. The molecule has 0 bridgehead atoms. The van der Waals surface area contributed by atoms with E-state index < -0.39 is 40.5 Å². The molecule has 0 aromatic carbocycles. The van der Waals surface area contributed by atoms with Gasteiger partial charge in [0, 0.05) is 24.7 Å². The number of carbonyl (C=O) groups is 2. The van der Waals surface area contributed by atoms with Crippen molar-refractivity contribution in [3.63, 3.8) is 0 Å². The zero-order valence-corrected chi connectivity index (χ0v) is 20.7. The SMILES string of the molecule is CC(=O)OC1C(O)C2C(C)(O)CC(=O)C=CC2(C)C2CCC3(C)C(=CCC3c3ccoc3)C12C. The molecule has 6 heteroatoms. The molecule has 34 heavy (non-hydrogen) atoms. The Hall–Kier alpha value is -2.18. The van der Waals surface area contributed by atoms with E-state index in [9.17, 15) is 19.8 Å². The fraction of sp³-hybridized carbons (Fsp3) is 0.643. The molecule has 0 saturated heterocycles. The van der Waals surface area contributed by atoms with Gasteiger partial charge in [-0.2, -0.15) is 0 Å². The van der Waals surface area contributed by atoms with Gasteiger partial charge in [0.2, 0.25) is 0 Å². The van der Waals surface area contributed by atoms with Crippen LogP contribution in [-0.4, -0.2) is 39.8 Å². The number of hydrogen-bond acceptors (Lipinski definition) is 6. The van der Waals surface area contributed by atoms with E-state index in [4.69, 9.17) is 9.15 Å². The molecule has 184 valence electrons. The Morgan fingerprint density at radius 3 is 2.62 bits per heavy atom. The van der Waals surface area contributed by atoms with Crippen molar-refractivity contribution in [2.24, 2.45) is 28.1 Å². The number of carbonyl (C=O) groups excluding carboxylic acids is 2. The van der Waals surface area contributed by atoms with Gasteiger partial charge < -0.3 is 19.4 Å². The number of fused-ring (bicyclic) bond motifs is 5. The van der Waals surface area contributed by atoms with Crippen LogP contribution in [0.5, 0.6) is 0 Å². The van der Waals surface area contributed by atoms with Crippen LogP contribution < -0.4 is 0 Å². The minimum atomic E-state index is -1.43. The third kappa shape index (κ3) is 3.00.